The number of aryl methyl sites for hydroxylation is 2. The summed E-state index contributed by atoms with van der Waals surface area (Å²) >= 11 is 0. The number of nitrogens with one attached hydrogen (secondary N) is 1. The molecule has 0 aliphatic carbocycles. The van der Waals surface area contributed by atoms with Crippen molar-refractivity contribution in [2.45, 2.75) is 44.4 Å². The molecule has 2 aliphatic rings. The predicted octanol–water partition coefficient (Wildman–Crippen LogP) is 1.07. The molecule has 0 spiro atoms. The number of sulfonamides is 1. The van der Waals surface area contributed by atoms with Crippen molar-refractivity contribution in [2.24, 2.45) is 13.0 Å². The van der Waals surface area contributed by atoms with E-state index in [9.17, 15) is 13.2 Å². The summed E-state index contributed by atoms with van der Waals surface area (Å²) in [5.74, 6) is 1.30. The average molecular weight is 477 g/mol. The molecule has 0 aromatic carbocycles. The second kappa shape index (κ2) is 9.78. The van der Waals surface area contributed by atoms with Gasteiger partial charge in [-0.3, -0.25) is 4.79 Å². The van der Waals surface area contributed by atoms with E-state index >= 15 is 0 Å². The molecule has 2 fully saturated rings. The zero-order valence-corrected chi connectivity index (χ0v) is 20.2. The van der Waals surface area contributed by atoms with Gasteiger partial charge < -0.3 is 19.5 Å². The molecular weight excluding hydrogens is 444 g/mol. The maximum atomic E-state index is 12.8. The molecule has 2 aromatic rings. The third-order valence-electron chi connectivity index (χ3n) is 6.36. The van der Waals surface area contributed by atoms with Crippen LogP contribution in [0.1, 0.15) is 31.2 Å². The molecule has 11 heteroatoms. The summed E-state index contributed by atoms with van der Waals surface area (Å²) in [6, 6.07) is 3.95. The molecule has 1 atom stereocenters. The lowest BCUT2D eigenvalue weighted by atomic mass is 9.97. The molecule has 1 amide bonds. The highest BCUT2D eigenvalue weighted by molar-refractivity contribution is 7.89. The molecule has 180 valence electrons. The Bertz CT molecular complexity index is 1060. The molecule has 0 bridgehead atoms. The Labute approximate surface area is 195 Å². The highest BCUT2D eigenvalue weighted by Gasteiger charge is 2.33. The Morgan fingerprint density at radius 3 is 2.61 bits per heavy atom. The summed E-state index contributed by atoms with van der Waals surface area (Å²) in [6.07, 6.45) is 4.49. The number of hydrogen-bond acceptors (Lipinski definition) is 7. The van der Waals surface area contributed by atoms with E-state index in [1.165, 1.54) is 10.5 Å². The molecule has 33 heavy (non-hydrogen) atoms. The van der Waals surface area contributed by atoms with Crippen LogP contribution in [0.4, 0.5) is 5.82 Å². The van der Waals surface area contributed by atoms with Gasteiger partial charge in [-0.2, -0.15) is 4.31 Å². The number of hydrogen-bond donors (Lipinski definition) is 1. The number of morpholine rings is 1. The standard InChI is InChI=1S/C22H32N6O4S/c1-16-14-27(10-11-32-16)20-5-4-18(12-23-20)13-24-22(29)19-6-8-28(9-7-19)33(30,31)21-15-26(3)17(2)25-21/h4-5,12,15-16,19H,6-11,13-14H2,1-3H3,(H,24,29). The van der Waals surface area contributed by atoms with Crippen molar-refractivity contribution in [3.8, 4) is 0 Å². The third kappa shape index (κ3) is 5.36. The zero-order chi connectivity index (χ0) is 23.6. The topological polar surface area (TPSA) is 110 Å². The predicted molar refractivity (Wildman–Crippen MR) is 123 cm³/mol. The average Bonchev–Trinajstić information content (AvgIpc) is 3.17. The van der Waals surface area contributed by atoms with Crippen LogP contribution in [0.5, 0.6) is 0 Å². The maximum absolute atomic E-state index is 12.8. The van der Waals surface area contributed by atoms with Gasteiger partial charge in [-0.1, -0.05) is 6.07 Å². The van der Waals surface area contributed by atoms with Crippen molar-refractivity contribution in [2.75, 3.05) is 37.7 Å². The number of aromatic nitrogens is 3. The van der Waals surface area contributed by atoms with Crippen LogP contribution in [0, 0.1) is 12.8 Å². The number of amides is 1. The Morgan fingerprint density at radius 1 is 1.24 bits per heavy atom. The Morgan fingerprint density at radius 2 is 2.00 bits per heavy atom. The van der Waals surface area contributed by atoms with Crippen LogP contribution in [0.2, 0.25) is 0 Å². The quantitative estimate of drug-likeness (QED) is 0.664. The highest BCUT2D eigenvalue weighted by atomic mass is 32.2. The van der Waals surface area contributed by atoms with E-state index in [0.29, 0.717) is 44.9 Å². The van der Waals surface area contributed by atoms with Gasteiger partial charge in [0.1, 0.15) is 11.6 Å². The number of rotatable bonds is 6. The van der Waals surface area contributed by atoms with E-state index in [1.54, 1.807) is 24.7 Å². The van der Waals surface area contributed by atoms with Crippen LogP contribution >= 0.6 is 0 Å². The minimum Gasteiger partial charge on any atom is -0.375 e. The monoisotopic (exact) mass is 476 g/mol. The van der Waals surface area contributed by atoms with Crippen molar-refractivity contribution < 1.29 is 17.9 Å². The molecular formula is C22H32N6O4S. The Hall–Kier alpha value is -2.50. The second-order valence-electron chi connectivity index (χ2n) is 8.79. The maximum Gasteiger partial charge on any atom is 0.262 e. The van der Waals surface area contributed by atoms with Crippen molar-refractivity contribution in [3.05, 3.63) is 35.9 Å². The summed E-state index contributed by atoms with van der Waals surface area (Å²) in [4.78, 5) is 23.5. The van der Waals surface area contributed by atoms with Crippen LogP contribution < -0.4 is 10.2 Å². The second-order valence-corrected chi connectivity index (χ2v) is 10.7. The van der Waals surface area contributed by atoms with Gasteiger partial charge in [-0.15, -0.1) is 0 Å². The van der Waals surface area contributed by atoms with Crippen molar-refractivity contribution in [3.63, 3.8) is 0 Å². The first-order chi connectivity index (χ1) is 15.7. The van der Waals surface area contributed by atoms with Crippen LogP contribution in [0.15, 0.2) is 29.6 Å². The third-order valence-corrected chi connectivity index (χ3v) is 8.13. The first kappa shape index (κ1) is 23.7. The number of anilines is 1. The molecule has 10 nitrogen and oxygen atoms in total. The van der Waals surface area contributed by atoms with Gasteiger partial charge in [0.25, 0.3) is 10.0 Å². The van der Waals surface area contributed by atoms with Gasteiger partial charge >= 0.3 is 0 Å². The van der Waals surface area contributed by atoms with Crippen LogP contribution in [-0.4, -0.2) is 72.1 Å². The molecule has 4 rings (SSSR count). The summed E-state index contributed by atoms with van der Waals surface area (Å²) < 4.78 is 34.4. The number of pyridine rings is 1. The van der Waals surface area contributed by atoms with E-state index in [1.807, 2.05) is 12.1 Å². The SMILES string of the molecule is Cc1nc(S(=O)(=O)N2CCC(C(=O)NCc3ccc(N4CCOC(C)C4)nc3)CC2)cn1C. The van der Waals surface area contributed by atoms with Crippen LogP contribution in [0.25, 0.3) is 0 Å². The lowest BCUT2D eigenvalue weighted by molar-refractivity contribution is -0.126. The molecule has 2 aromatic heterocycles. The Balaban J connectivity index is 1.26. The lowest BCUT2D eigenvalue weighted by Gasteiger charge is -2.32. The lowest BCUT2D eigenvalue weighted by Crippen LogP contribution is -2.43. The summed E-state index contributed by atoms with van der Waals surface area (Å²) in [6.45, 7) is 7.17. The molecule has 4 heterocycles. The number of carbonyl (C=O) groups is 1. The molecule has 2 aliphatic heterocycles. The van der Waals surface area contributed by atoms with E-state index in [2.05, 4.69) is 27.1 Å². The highest BCUT2D eigenvalue weighted by Crippen LogP contribution is 2.24. The van der Waals surface area contributed by atoms with Gasteiger partial charge in [0.15, 0.2) is 5.03 Å². The number of carbonyl (C=O) groups excluding carboxylic acids is 1. The van der Waals surface area contributed by atoms with Crippen molar-refractivity contribution in [1.82, 2.24) is 24.2 Å². The number of ether oxygens (including phenoxy) is 1. The largest absolute Gasteiger partial charge is 0.375 e. The van der Waals surface area contributed by atoms with Crippen LogP contribution in [-0.2, 0) is 33.1 Å². The molecule has 2 saturated heterocycles. The van der Waals surface area contributed by atoms with Crippen molar-refractivity contribution in [1.29, 1.82) is 0 Å². The van der Waals surface area contributed by atoms with E-state index in [4.69, 9.17) is 4.74 Å². The van der Waals surface area contributed by atoms with Gasteiger partial charge in [-0.05, 0) is 38.3 Å². The summed E-state index contributed by atoms with van der Waals surface area (Å²) in [7, 11) is -1.87. The van der Waals surface area contributed by atoms with Crippen molar-refractivity contribution >= 4 is 21.7 Å². The smallest absolute Gasteiger partial charge is 0.262 e. The Kier molecular flexibility index (Phi) is 7.01. The first-order valence-electron chi connectivity index (χ1n) is 11.3. The fraction of sp³-hybridized carbons (Fsp3) is 0.591. The van der Waals surface area contributed by atoms with E-state index in [0.717, 1.165) is 24.5 Å². The van der Waals surface area contributed by atoms with Gasteiger partial charge in [0.05, 0.1) is 12.7 Å². The first-order valence-corrected chi connectivity index (χ1v) is 12.8. The van der Waals surface area contributed by atoms with Crippen LogP contribution in [0.3, 0.4) is 0 Å². The van der Waals surface area contributed by atoms with Gasteiger partial charge in [0, 0.05) is 58.1 Å². The van der Waals surface area contributed by atoms with Gasteiger partial charge in [0.2, 0.25) is 5.91 Å². The minimum absolute atomic E-state index is 0.0493. The molecule has 1 N–H and O–H groups in total. The normalized spacial score (nSPS) is 20.7. The van der Waals surface area contributed by atoms with E-state index in [-0.39, 0.29) is 23.0 Å². The minimum atomic E-state index is -3.64. The summed E-state index contributed by atoms with van der Waals surface area (Å²) in [5, 5.41) is 3.04. The number of nitrogens with zero attached hydrogens (tertiary/aromatic N) is 5. The zero-order valence-electron chi connectivity index (χ0n) is 19.4. The van der Waals surface area contributed by atoms with E-state index < -0.39 is 10.0 Å². The number of imidazole rings is 1. The molecule has 0 saturated carbocycles. The summed E-state index contributed by atoms with van der Waals surface area (Å²) in [5.41, 5.74) is 0.930. The fourth-order valence-corrected chi connectivity index (χ4v) is 5.70. The van der Waals surface area contributed by atoms with Gasteiger partial charge in [-0.25, -0.2) is 18.4 Å². The number of piperidine rings is 1. The molecule has 0 radical (unpaired) electrons. The molecule has 1 unspecified atom stereocenters. The fourth-order valence-electron chi connectivity index (χ4n) is 4.21.